The summed E-state index contributed by atoms with van der Waals surface area (Å²) in [5.41, 5.74) is 7.02. The van der Waals surface area contributed by atoms with E-state index < -0.39 is 0 Å². The first-order chi connectivity index (χ1) is 17.2. The van der Waals surface area contributed by atoms with E-state index in [1.54, 1.807) is 0 Å². The zero-order valence-electron chi connectivity index (χ0n) is 21.4. The lowest BCUT2D eigenvalue weighted by atomic mass is 10.1. The molecule has 1 aliphatic rings. The largest absolute Gasteiger partial charge is 0.494 e. The van der Waals surface area contributed by atoms with Crippen LogP contribution >= 0.6 is 0 Å². The van der Waals surface area contributed by atoms with Gasteiger partial charge in [-0.15, -0.1) is 0 Å². The van der Waals surface area contributed by atoms with Gasteiger partial charge < -0.3 is 25.2 Å². The highest BCUT2D eigenvalue weighted by atomic mass is 16.5. The first-order valence-electron chi connectivity index (χ1n) is 13.5. The second kappa shape index (κ2) is 16.2. The van der Waals surface area contributed by atoms with E-state index in [0.717, 1.165) is 51.3 Å². The molecule has 6 heteroatoms. The van der Waals surface area contributed by atoms with Gasteiger partial charge in [0.25, 0.3) is 0 Å². The highest BCUT2D eigenvalue weighted by molar-refractivity contribution is 5.74. The Bertz CT molecular complexity index is 808. The lowest BCUT2D eigenvalue weighted by Gasteiger charge is -2.34. The molecule has 0 unspecified atom stereocenters. The Balaban J connectivity index is 1.15. The van der Waals surface area contributed by atoms with Gasteiger partial charge in [-0.3, -0.25) is 5.41 Å². The molecule has 0 aliphatic carbocycles. The molecule has 0 spiro atoms. The first-order valence-corrected chi connectivity index (χ1v) is 13.5. The van der Waals surface area contributed by atoms with Crippen molar-refractivity contribution in [3.63, 3.8) is 0 Å². The van der Waals surface area contributed by atoms with Gasteiger partial charge in [-0.1, -0.05) is 67.8 Å². The average Bonchev–Trinajstić information content (AvgIpc) is 2.89. The molecule has 1 heterocycles. The van der Waals surface area contributed by atoms with E-state index in [4.69, 9.17) is 15.9 Å². The molecule has 2 aromatic carbocycles. The number of unbranched alkanes of at least 4 members (excludes halogenated alkanes) is 5. The molecule has 3 rings (SSSR count). The van der Waals surface area contributed by atoms with Gasteiger partial charge >= 0.3 is 0 Å². The summed E-state index contributed by atoms with van der Waals surface area (Å²) in [6.45, 7) is 9.52. The van der Waals surface area contributed by atoms with Gasteiger partial charge in [-0.05, 0) is 56.5 Å². The molecule has 2 aromatic rings. The summed E-state index contributed by atoms with van der Waals surface area (Å²) in [6.07, 6.45) is 8.56. The number of piperazine rings is 1. The molecule has 3 N–H and O–H groups in total. The molecule has 0 atom stereocenters. The van der Waals surface area contributed by atoms with Gasteiger partial charge in [0.2, 0.25) is 0 Å². The first kappa shape index (κ1) is 27.0. The highest BCUT2D eigenvalue weighted by Gasteiger charge is 2.16. The lowest BCUT2D eigenvalue weighted by molar-refractivity contribution is 0.128. The van der Waals surface area contributed by atoms with Crippen LogP contribution in [0.1, 0.15) is 50.5 Å². The monoisotopic (exact) mass is 479 g/mol. The Morgan fingerprint density at radius 1 is 0.743 bits per heavy atom. The number of hydrogen-bond acceptors (Lipinski definition) is 4. The van der Waals surface area contributed by atoms with Crippen molar-refractivity contribution in [2.24, 2.45) is 5.73 Å². The number of ether oxygens (including phenoxy) is 1. The third kappa shape index (κ3) is 11.1. The van der Waals surface area contributed by atoms with Crippen molar-refractivity contribution in [3.8, 4) is 5.75 Å². The summed E-state index contributed by atoms with van der Waals surface area (Å²) in [6, 6.07) is 20.4. The normalized spacial score (nSPS) is 14.6. The molecule has 1 saturated heterocycles. The lowest BCUT2D eigenvalue weighted by Crippen LogP contribution is -2.46. The fourth-order valence-electron chi connectivity index (χ4n) is 4.64. The van der Waals surface area contributed by atoms with E-state index in [2.05, 4.69) is 21.9 Å². The standard InChI is InChI=1S/C29H45N5O/c30-29(31)34(26-27-14-6-4-7-15-27)20-12-11-19-33-23-21-32(22-24-33)18-10-2-1-3-13-25-35-28-16-8-5-9-17-28/h4-9,14-17H,1-3,10-13,18-26H2,(H3,30,31). The molecule has 0 saturated carbocycles. The van der Waals surface area contributed by atoms with E-state index in [1.807, 2.05) is 53.4 Å². The maximum absolute atomic E-state index is 7.88. The van der Waals surface area contributed by atoms with Crippen molar-refractivity contribution in [1.82, 2.24) is 14.7 Å². The molecule has 192 valence electrons. The number of rotatable bonds is 16. The van der Waals surface area contributed by atoms with Crippen molar-refractivity contribution in [3.05, 3.63) is 66.2 Å². The van der Waals surface area contributed by atoms with Crippen molar-refractivity contribution >= 4 is 5.96 Å². The van der Waals surface area contributed by atoms with E-state index in [0.29, 0.717) is 0 Å². The van der Waals surface area contributed by atoms with Crippen LogP contribution in [0.2, 0.25) is 0 Å². The number of nitrogens with one attached hydrogen (secondary N) is 1. The molecule has 0 bridgehead atoms. The maximum atomic E-state index is 7.88. The van der Waals surface area contributed by atoms with Gasteiger partial charge in [-0.25, -0.2) is 0 Å². The Morgan fingerprint density at radius 3 is 1.91 bits per heavy atom. The summed E-state index contributed by atoms with van der Waals surface area (Å²) < 4.78 is 5.77. The molecular formula is C29H45N5O. The summed E-state index contributed by atoms with van der Waals surface area (Å²) in [4.78, 5) is 7.20. The molecule has 1 aliphatic heterocycles. The zero-order valence-corrected chi connectivity index (χ0v) is 21.4. The Labute approximate surface area is 212 Å². The second-order valence-electron chi connectivity index (χ2n) is 9.61. The van der Waals surface area contributed by atoms with E-state index in [1.165, 1.54) is 64.0 Å². The van der Waals surface area contributed by atoms with Crippen LogP contribution < -0.4 is 10.5 Å². The number of para-hydroxylation sites is 1. The van der Waals surface area contributed by atoms with Crippen molar-refractivity contribution in [2.45, 2.75) is 51.5 Å². The number of benzene rings is 2. The van der Waals surface area contributed by atoms with Gasteiger partial charge in [0, 0.05) is 39.3 Å². The quantitative estimate of drug-likeness (QED) is 0.205. The average molecular weight is 480 g/mol. The van der Waals surface area contributed by atoms with Crippen LogP contribution in [0.5, 0.6) is 5.75 Å². The Hall–Kier alpha value is -2.57. The molecule has 6 nitrogen and oxygen atoms in total. The van der Waals surface area contributed by atoms with Gasteiger partial charge in [0.1, 0.15) is 5.75 Å². The van der Waals surface area contributed by atoms with Gasteiger partial charge in [0.05, 0.1) is 6.61 Å². The highest BCUT2D eigenvalue weighted by Crippen LogP contribution is 2.11. The summed E-state index contributed by atoms with van der Waals surface area (Å²) >= 11 is 0. The number of nitrogens with two attached hydrogens (primary N) is 1. The molecule has 1 fully saturated rings. The van der Waals surface area contributed by atoms with Crippen molar-refractivity contribution < 1.29 is 4.74 Å². The predicted molar refractivity (Wildman–Crippen MR) is 146 cm³/mol. The number of nitrogens with zero attached hydrogens (tertiary/aromatic N) is 3. The van der Waals surface area contributed by atoms with E-state index in [-0.39, 0.29) is 5.96 Å². The van der Waals surface area contributed by atoms with Crippen LogP contribution in [-0.4, -0.2) is 73.1 Å². The zero-order chi connectivity index (χ0) is 24.6. The molecule has 35 heavy (non-hydrogen) atoms. The van der Waals surface area contributed by atoms with Crippen molar-refractivity contribution in [2.75, 3.05) is 52.4 Å². The predicted octanol–water partition coefficient (Wildman–Crippen LogP) is 4.81. The number of hydrogen-bond donors (Lipinski definition) is 2. The van der Waals surface area contributed by atoms with Crippen LogP contribution in [-0.2, 0) is 6.54 Å². The SMILES string of the molecule is N=C(N)N(CCCCN1CCN(CCCCCCCOc2ccccc2)CC1)Cc1ccccc1. The molecular weight excluding hydrogens is 434 g/mol. The second-order valence-corrected chi connectivity index (χ2v) is 9.61. The molecule has 0 radical (unpaired) electrons. The minimum atomic E-state index is 0.169. The van der Waals surface area contributed by atoms with Crippen LogP contribution in [0.15, 0.2) is 60.7 Å². The van der Waals surface area contributed by atoms with Crippen LogP contribution in [0.25, 0.3) is 0 Å². The van der Waals surface area contributed by atoms with Gasteiger partial charge in [0.15, 0.2) is 5.96 Å². The summed E-state index contributed by atoms with van der Waals surface area (Å²) in [5, 5.41) is 7.88. The Morgan fingerprint density at radius 2 is 1.29 bits per heavy atom. The molecule has 0 aromatic heterocycles. The van der Waals surface area contributed by atoms with Crippen molar-refractivity contribution in [1.29, 1.82) is 5.41 Å². The van der Waals surface area contributed by atoms with E-state index in [9.17, 15) is 0 Å². The van der Waals surface area contributed by atoms with Gasteiger partial charge in [-0.2, -0.15) is 0 Å². The van der Waals surface area contributed by atoms with Crippen LogP contribution in [0.4, 0.5) is 0 Å². The Kier molecular flexibility index (Phi) is 12.5. The maximum Gasteiger partial charge on any atom is 0.188 e. The van der Waals surface area contributed by atoms with Crippen LogP contribution in [0, 0.1) is 5.41 Å². The van der Waals surface area contributed by atoms with Crippen LogP contribution in [0.3, 0.4) is 0 Å². The third-order valence-electron chi connectivity index (χ3n) is 6.80. The summed E-state index contributed by atoms with van der Waals surface area (Å²) in [5.74, 6) is 1.15. The topological polar surface area (TPSA) is 68.8 Å². The smallest absolute Gasteiger partial charge is 0.188 e. The summed E-state index contributed by atoms with van der Waals surface area (Å²) in [7, 11) is 0. The minimum absolute atomic E-state index is 0.169. The fourth-order valence-corrected chi connectivity index (χ4v) is 4.64. The number of guanidine groups is 1. The van der Waals surface area contributed by atoms with E-state index >= 15 is 0 Å². The molecule has 0 amide bonds. The fraction of sp³-hybridized carbons (Fsp3) is 0.552. The third-order valence-corrected chi connectivity index (χ3v) is 6.80. The minimum Gasteiger partial charge on any atom is -0.494 e.